The van der Waals surface area contributed by atoms with Crippen LogP contribution in [-0.4, -0.2) is 28.3 Å². The number of imidazole rings is 1. The molecule has 0 N–H and O–H groups in total. The van der Waals surface area contributed by atoms with Gasteiger partial charge in [0.05, 0.1) is 11.0 Å². The Kier molecular flexibility index (Phi) is 4.55. The zero-order valence-corrected chi connectivity index (χ0v) is 15.6. The summed E-state index contributed by atoms with van der Waals surface area (Å²) in [7, 11) is 0. The first kappa shape index (κ1) is 16.9. The number of aromatic nitrogens is 2. The van der Waals surface area contributed by atoms with Crippen LogP contribution < -0.4 is 4.90 Å². The lowest BCUT2D eigenvalue weighted by Crippen LogP contribution is -2.24. The number of allylic oxidation sites excluding steroid dienone is 1. The standard InChI is InChI=1S/C21H21N3OS/c1-3-11-23-19-10-5-4-9-18(19)22-21(23)15-12-20(25)24(14-15)16-7-6-8-17(13-16)26-2/h3-10,13,15H,1,11-12,14H2,2H3. The number of benzene rings is 2. The lowest BCUT2D eigenvalue weighted by Gasteiger charge is -2.18. The number of nitrogens with zero attached hydrogens (tertiary/aromatic N) is 3. The molecule has 0 saturated carbocycles. The van der Waals surface area contributed by atoms with Crippen molar-refractivity contribution in [1.29, 1.82) is 0 Å². The van der Waals surface area contributed by atoms with Gasteiger partial charge in [0.15, 0.2) is 0 Å². The molecule has 1 fully saturated rings. The summed E-state index contributed by atoms with van der Waals surface area (Å²) < 4.78 is 2.18. The monoisotopic (exact) mass is 363 g/mol. The van der Waals surface area contributed by atoms with E-state index in [0.717, 1.165) is 27.4 Å². The molecule has 1 aliphatic heterocycles. The van der Waals surface area contributed by atoms with Gasteiger partial charge < -0.3 is 9.47 Å². The van der Waals surface area contributed by atoms with Crippen molar-refractivity contribution < 1.29 is 4.79 Å². The third-order valence-corrected chi connectivity index (χ3v) is 5.58. The summed E-state index contributed by atoms with van der Waals surface area (Å²) in [5.74, 6) is 1.22. The topological polar surface area (TPSA) is 38.1 Å². The van der Waals surface area contributed by atoms with E-state index in [4.69, 9.17) is 4.98 Å². The van der Waals surface area contributed by atoms with E-state index < -0.39 is 0 Å². The number of carbonyl (C=O) groups excluding carboxylic acids is 1. The van der Waals surface area contributed by atoms with E-state index in [9.17, 15) is 4.79 Å². The first-order chi connectivity index (χ1) is 12.7. The van der Waals surface area contributed by atoms with Gasteiger partial charge in [-0.05, 0) is 36.6 Å². The van der Waals surface area contributed by atoms with Crippen LogP contribution in [0.4, 0.5) is 5.69 Å². The van der Waals surface area contributed by atoms with E-state index in [1.807, 2.05) is 47.6 Å². The van der Waals surface area contributed by atoms with Crippen LogP contribution in [0.5, 0.6) is 0 Å². The fourth-order valence-corrected chi connectivity index (χ4v) is 4.09. The maximum Gasteiger partial charge on any atom is 0.227 e. The number of amides is 1. The van der Waals surface area contributed by atoms with E-state index in [2.05, 4.69) is 29.3 Å². The van der Waals surface area contributed by atoms with E-state index in [0.29, 0.717) is 19.5 Å². The molecule has 1 atom stereocenters. The predicted molar refractivity (Wildman–Crippen MR) is 108 cm³/mol. The van der Waals surface area contributed by atoms with Crippen LogP contribution in [0.15, 0.2) is 66.1 Å². The van der Waals surface area contributed by atoms with Crippen molar-refractivity contribution in [3.63, 3.8) is 0 Å². The number of carbonyl (C=O) groups is 1. The third-order valence-electron chi connectivity index (χ3n) is 4.85. The highest BCUT2D eigenvalue weighted by atomic mass is 32.2. The zero-order valence-electron chi connectivity index (χ0n) is 14.8. The number of fused-ring (bicyclic) bond motifs is 1. The van der Waals surface area contributed by atoms with Crippen LogP contribution >= 0.6 is 11.8 Å². The Balaban J connectivity index is 1.69. The number of thioether (sulfide) groups is 1. The van der Waals surface area contributed by atoms with Gasteiger partial charge in [-0.3, -0.25) is 4.79 Å². The first-order valence-electron chi connectivity index (χ1n) is 8.71. The number of para-hydroxylation sites is 2. The fourth-order valence-electron chi connectivity index (χ4n) is 3.64. The minimum Gasteiger partial charge on any atom is -0.324 e. The smallest absolute Gasteiger partial charge is 0.227 e. The molecular formula is C21H21N3OS. The molecule has 26 heavy (non-hydrogen) atoms. The summed E-state index contributed by atoms with van der Waals surface area (Å²) in [4.78, 5) is 20.6. The van der Waals surface area contributed by atoms with Crippen molar-refractivity contribution in [2.75, 3.05) is 17.7 Å². The molecule has 4 nitrogen and oxygen atoms in total. The number of hydrogen-bond acceptors (Lipinski definition) is 3. The van der Waals surface area contributed by atoms with Crippen molar-refractivity contribution in [2.24, 2.45) is 0 Å². The Labute approximate surface area is 157 Å². The maximum atomic E-state index is 12.7. The van der Waals surface area contributed by atoms with Gasteiger partial charge in [-0.2, -0.15) is 0 Å². The third kappa shape index (κ3) is 2.92. The van der Waals surface area contributed by atoms with Gasteiger partial charge in [0.1, 0.15) is 5.82 Å². The number of hydrogen-bond donors (Lipinski definition) is 0. The Hall–Kier alpha value is -2.53. The summed E-state index contributed by atoms with van der Waals surface area (Å²) in [6.07, 6.45) is 4.42. The number of rotatable bonds is 5. The fraction of sp³-hybridized carbons (Fsp3) is 0.238. The SMILES string of the molecule is C=CCn1c(C2CC(=O)N(c3cccc(SC)c3)C2)nc2ccccc21. The molecule has 0 spiro atoms. The molecule has 1 amide bonds. The average Bonchev–Trinajstić information content (AvgIpc) is 3.23. The second-order valence-electron chi connectivity index (χ2n) is 6.46. The summed E-state index contributed by atoms with van der Waals surface area (Å²) in [5, 5.41) is 0. The lowest BCUT2D eigenvalue weighted by atomic mass is 10.1. The zero-order chi connectivity index (χ0) is 18.1. The highest BCUT2D eigenvalue weighted by Crippen LogP contribution is 2.34. The van der Waals surface area contributed by atoms with Crippen molar-refractivity contribution in [3.8, 4) is 0 Å². The second kappa shape index (κ2) is 7.00. The molecule has 5 heteroatoms. The van der Waals surface area contributed by atoms with Crippen molar-refractivity contribution in [1.82, 2.24) is 9.55 Å². The Morgan fingerprint density at radius 2 is 2.12 bits per heavy atom. The van der Waals surface area contributed by atoms with E-state index in [1.165, 1.54) is 0 Å². The summed E-state index contributed by atoms with van der Waals surface area (Å²) in [6.45, 7) is 5.24. The predicted octanol–water partition coefficient (Wildman–Crippen LogP) is 4.46. The average molecular weight is 363 g/mol. The maximum absolute atomic E-state index is 12.7. The highest BCUT2D eigenvalue weighted by molar-refractivity contribution is 7.98. The van der Waals surface area contributed by atoms with Gasteiger partial charge in [0, 0.05) is 36.0 Å². The molecule has 1 saturated heterocycles. The minimum absolute atomic E-state index is 0.0905. The van der Waals surface area contributed by atoms with Crippen LogP contribution in [0, 0.1) is 0 Å². The molecule has 2 aromatic carbocycles. The van der Waals surface area contributed by atoms with Crippen molar-refractivity contribution >= 4 is 34.4 Å². The van der Waals surface area contributed by atoms with Crippen LogP contribution in [0.25, 0.3) is 11.0 Å². The van der Waals surface area contributed by atoms with E-state index >= 15 is 0 Å². The van der Waals surface area contributed by atoms with Crippen molar-refractivity contribution in [2.45, 2.75) is 23.8 Å². The molecule has 1 aliphatic rings. The molecule has 132 valence electrons. The molecule has 2 heterocycles. The number of anilines is 1. The summed E-state index contributed by atoms with van der Waals surface area (Å²) >= 11 is 1.69. The van der Waals surface area contributed by atoms with Gasteiger partial charge >= 0.3 is 0 Å². The van der Waals surface area contributed by atoms with Gasteiger partial charge in [-0.25, -0.2) is 4.98 Å². The molecule has 4 rings (SSSR count). The minimum atomic E-state index is 0.0905. The van der Waals surface area contributed by atoms with Crippen LogP contribution in [0.1, 0.15) is 18.2 Å². The van der Waals surface area contributed by atoms with Crippen LogP contribution in [-0.2, 0) is 11.3 Å². The van der Waals surface area contributed by atoms with Gasteiger partial charge in [-0.15, -0.1) is 18.3 Å². The Morgan fingerprint density at radius 3 is 2.92 bits per heavy atom. The van der Waals surface area contributed by atoms with Crippen LogP contribution in [0.2, 0.25) is 0 Å². The van der Waals surface area contributed by atoms with Crippen molar-refractivity contribution in [3.05, 3.63) is 67.0 Å². The molecule has 3 aromatic rings. The highest BCUT2D eigenvalue weighted by Gasteiger charge is 2.34. The van der Waals surface area contributed by atoms with E-state index in [-0.39, 0.29) is 11.8 Å². The van der Waals surface area contributed by atoms with E-state index in [1.54, 1.807) is 11.8 Å². The molecule has 1 unspecified atom stereocenters. The molecule has 0 radical (unpaired) electrons. The largest absolute Gasteiger partial charge is 0.324 e. The van der Waals surface area contributed by atoms with Gasteiger partial charge in [0.2, 0.25) is 5.91 Å². The first-order valence-corrected chi connectivity index (χ1v) is 9.94. The molecular weight excluding hydrogens is 342 g/mol. The molecule has 1 aromatic heterocycles. The van der Waals surface area contributed by atoms with Gasteiger partial charge in [0.25, 0.3) is 0 Å². The Bertz CT molecular complexity index is 978. The normalized spacial score (nSPS) is 17.2. The summed E-state index contributed by atoms with van der Waals surface area (Å²) in [5.41, 5.74) is 3.04. The lowest BCUT2D eigenvalue weighted by molar-refractivity contribution is -0.117. The molecule has 0 aliphatic carbocycles. The Morgan fingerprint density at radius 1 is 1.27 bits per heavy atom. The second-order valence-corrected chi connectivity index (χ2v) is 7.34. The quantitative estimate of drug-likeness (QED) is 0.496. The molecule has 0 bridgehead atoms. The van der Waals surface area contributed by atoms with Gasteiger partial charge in [-0.1, -0.05) is 24.3 Å². The summed E-state index contributed by atoms with van der Waals surface area (Å²) in [6, 6.07) is 16.3. The van der Waals surface area contributed by atoms with Crippen LogP contribution in [0.3, 0.4) is 0 Å².